The molecule has 0 saturated heterocycles. The van der Waals surface area contributed by atoms with Crippen LogP contribution in [0.1, 0.15) is 23.2 Å². The molecule has 0 aliphatic rings. The number of rotatable bonds is 3. The third-order valence-corrected chi connectivity index (χ3v) is 1.94. The molecule has 3 nitrogen and oxygen atoms in total. The maximum Gasteiger partial charge on any atom is 0.280 e. The van der Waals surface area contributed by atoms with E-state index in [-0.39, 0.29) is 18.2 Å². The number of pyridine rings is 1. The van der Waals surface area contributed by atoms with Crippen molar-refractivity contribution < 1.29 is 18.6 Å². The minimum absolute atomic E-state index is 0.131. The van der Waals surface area contributed by atoms with Gasteiger partial charge >= 0.3 is 0 Å². The van der Waals surface area contributed by atoms with Gasteiger partial charge in [-0.25, -0.2) is 13.8 Å². The number of hydrogen-bond acceptors (Lipinski definition) is 3. The van der Waals surface area contributed by atoms with Crippen LogP contribution in [0.5, 0.6) is 5.88 Å². The van der Waals surface area contributed by atoms with Crippen molar-refractivity contribution >= 4 is 0 Å². The minimum atomic E-state index is -2.66. The Hall–Kier alpha value is -1.23. The van der Waals surface area contributed by atoms with Crippen LogP contribution in [-0.2, 0) is 6.61 Å². The Morgan fingerprint density at radius 1 is 1.57 bits per heavy atom. The second-order valence-electron chi connectivity index (χ2n) is 2.80. The SMILES string of the molecule is COc1nc(C(F)F)cc(CO)c1C. The maximum atomic E-state index is 12.3. The fraction of sp³-hybridized carbons (Fsp3) is 0.444. The lowest BCUT2D eigenvalue weighted by atomic mass is 10.1. The molecule has 1 aromatic rings. The van der Waals surface area contributed by atoms with Gasteiger partial charge in [0, 0.05) is 5.56 Å². The van der Waals surface area contributed by atoms with Gasteiger partial charge in [-0.2, -0.15) is 0 Å². The summed E-state index contributed by atoms with van der Waals surface area (Å²) in [5, 5.41) is 8.92. The van der Waals surface area contributed by atoms with Crippen LogP contribution in [0.4, 0.5) is 8.78 Å². The van der Waals surface area contributed by atoms with Crippen molar-refractivity contribution in [3.63, 3.8) is 0 Å². The number of alkyl halides is 2. The molecule has 0 aromatic carbocycles. The van der Waals surface area contributed by atoms with E-state index in [2.05, 4.69) is 4.98 Å². The molecule has 0 bridgehead atoms. The smallest absolute Gasteiger partial charge is 0.280 e. The monoisotopic (exact) mass is 203 g/mol. The lowest BCUT2D eigenvalue weighted by molar-refractivity contribution is 0.144. The molecule has 0 radical (unpaired) electrons. The Balaban J connectivity index is 3.25. The molecule has 0 aliphatic heterocycles. The Kier molecular flexibility index (Phi) is 3.35. The summed E-state index contributed by atoms with van der Waals surface area (Å²) in [5.74, 6) is 0.131. The van der Waals surface area contributed by atoms with Crippen LogP contribution < -0.4 is 4.74 Å². The fourth-order valence-corrected chi connectivity index (χ4v) is 1.13. The molecule has 1 N–H and O–H groups in total. The van der Waals surface area contributed by atoms with Gasteiger partial charge in [0.2, 0.25) is 5.88 Å². The van der Waals surface area contributed by atoms with Gasteiger partial charge in [-0.05, 0) is 18.6 Å². The van der Waals surface area contributed by atoms with Gasteiger partial charge in [0.15, 0.2) is 0 Å². The molecule has 5 heteroatoms. The molecule has 0 aliphatic carbocycles. The number of ether oxygens (including phenoxy) is 1. The molecule has 0 saturated carbocycles. The van der Waals surface area contributed by atoms with Crippen LogP contribution in [0.3, 0.4) is 0 Å². The molecule has 78 valence electrons. The Morgan fingerprint density at radius 3 is 2.64 bits per heavy atom. The molecular formula is C9H11F2NO2. The number of halogens is 2. The van der Waals surface area contributed by atoms with Gasteiger partial charge in [0.25, 0.3) is 6.43 Å². The standard InChI is InChI=1S/C9H11F2NO2/c1-5-6(4-13)3-7(8(10)11)12-9(5)14-2/h3,8,13H,4H2,1-2H3. The summed E-state index contributed by atoms with van der Waals surface area (Å²) in [4.78, 5) is 3.62. The summed E-state index contributed by atoms with van der Waals surface area (Å²) in [7, 11) is 1.35. The van der Waals surface area contributed by atoms with E-state index in [0.29, 0.717) is 11.1 Å². The molecule has 0 spiro atoms. The number of aromatic nitrogens is 1. The predicted octanol–water partition coefficient (Wildman–Crippen LogP) is 1.83. The Labute approximate surface area is 80.3 Å². The highest BCUT2D eigenvalue weighted by Gasteiger charge is 2.14. The van der Waals surface area contributed by atoms with Crippen molar-refractivity contribution in [2.24, 2.45) is 0 Å². The molecule has 14 heavy (non-hydrogen) atoms. The Morgan fingerprint density at radius 2 is 2.21 bits per heavy atom. The number of aliphatic hydroxyl groups excluding tert-OH is 1. The Bertz CT molecular complexity index is 304. The fourth-order valence-electron chi connectivity index (χ4n) is 1.13. The van der Waals surface area contributed by atoms with Crippen LogP contribution in [-0.4, -0.2) is 17.2 Å². The first-order valence-corrected chi connectivity index (χ1v) is 4.03. The van der Waals surface area contributed by atoms with Gasteiger partial charge < -0.3 is 9.84 Å². The second-order valence-corrected chi connectivity index (χ2v) is 2.80. The van der Waals surface area contributed by atoms with Gasteiger partial charge in [0.1, 0.15) is 5.69 Å². The first-order valence-electron chi connectivity index (χ1n) is 4.03. The zero-order valence-corrected chi connectivity index (χ0v) is 7.92. The van der Waals surface area contributed by atoms with Crippen LogP contribution in [0.25, 0.3) is 0 Å². The second kappa shape index (κ2) is 4.32. The predicted molar refractivity (Wildman–Crippen MR) is 46.4 cm³/mol. The van der Waals surface area contributed by atoms with Crippen molar-refractivity contribution in [1.82, 2.24) is 4.98 Å². The van der Waals surface area contributed by atoms with Crippen molar-refractivity contribution in [2.45, 2.75) is 20.0 Å². The quantitative estimate of drug-likeness (QED) is 0.814. The first kappa shape index (κ1) is 10.8. The number of methoxy groups -OCH3 is 1. The molecule has 1 rings (SSSR count). The molecule has 0 atom stereocenters. The van der Waals surface area contributed by atoms with Gasteiger partial charge in [-0.3, -0.25) is 0 Å². The minimum Gasteiger partial charge on any atom is -0.481 e. The van der Waals surface area contributed by atoms with E-state index in [1.807, 2.05) is 0 Å². The van der Waals surface area contributed by atoms with E-state index < -0.39 is 6.43 Å². The summed E-state index contributed by atoms with van der Waals surface area (Å²) in [5.41, 5.74) is 0.614. The molecule has 1 aromatic heterocycles. The van der Waals surface area contributed by atoms with Gasteiger partial charge in [-0.15, -0.1) is 0 Å². The van der Waals surface area contributed by atoms with E-state index in [9.17, 15) is 8.78 Å². The topological polar surface area (TPSA) is 42.4 Å². The molecule has 1 heterocycles. The third kappa shape index (κ3) is 1.98. The number of hydrogen-bond donors (Lipinski definition) is 1. The van der Waals surface area contributed by atoms with Crippen molar-refractivity contribution in [1.29, 1.82) is 0 Å². The molecule has 0 amide bonds. The van der Waals surface area contributed by atoms with E-state index >= 15 is 0 Å². The zero-order valence-electron chi connectivity index (χ0n) is 7.92. The van der Waals surface area contributed by atoms with Crippen molar-refractivity contribution in [3.05, 3.63) is 22.9 Å². The summed E-state index contributed by atoms with van der Waals surface area (Å²) >= 11 is 0. The number of nitrogens with zero attached hydrogens (tertiary/aromatic N) is 1. The highest BCUT2D eigenvalue weighted by Crippen LogP contribution is 2.25. The lowest BCUT2D eigenvalue weighted by Crippen LogP contribution is -2.01. The van der Waals surface area contributed by atoms with Crippen molar-refractivity contribution in [2.75, 3.05) is 7.11 Å². The molecule has 0 fully saturated rings. The summed E-state index contributed by atoms with van der Waals surface area (Å²) in [6, 6.07) is 1.18. The lowest BCUT2D eigenvalue weighted by Gasteiger charge is -2.10. The average molecular weight is 203 g/mol. The molecular weight excluding hydrogens is 192 g/mol. The highest BCUT2D eigenvalue weighted by molar-refractivity contribution is 5.35. The van der Waals surface area contributed by atoms with Crippen LogP contribution >= 0.6 is 0 Å². The van der Waals surface area contributed by atoms with E-state index in [4.69, 9.17) is 9.84 Å². The van der Waals surface area contributed by atoms with Crippen LogP contribution in [0.15, 0.2) is 6.07 Å². The number of aliphatic hydroxyl groups is 1. The van der Waals surface area contributed by atoms with Gasteiger partial charge in [-0.1, -0.05) is 0 Å². The summed E-state index contributed by atoms with van der Waals surface area (Å²) in [6.07, 6.45) is -2.66. The first-order chi connectivity index (χ1) is 6.60. The summed E-state index contributed by atoms with van der Waals surface area (Å²) in [6.45, 7) is 1.36. The normalized spacial score (nSPS) is 10.7. The summed E-state index contributed by atoms with van der Waals surface area (Å²) < 4.78 is 29.5. The van der Waals surface area contributed by atoms with E-state index in [1.165, 1.54) is 13.2 Å². The maximum absolute atomic E-state index is 12.3. The van der Waals surface area contributed by atoms with Crippen molar-refractivity contribution in [3.8, 4) is 5.88 Å². The van der Waals surface area contributed by atoms with E-state index in [1.54, 1.807) is 6.92 Å². The third-order valence-electron chi connectivity index (χ3n) is 1.94. The highest BCUT2D eigenvalue weighted by atomic mass is 19.3. The van der Waals surface area contributed by atoms with Crippen LogP contribution in [0.2, 0.25) is 0 Å². The zero-order chi connectivity index (χ0) is 10.7. The average Bonchev–Trinajstić information content (AvgIpc) is 2.17. The van der Waals surface area contributed by atoms with Gasteiger partial charge in [0.05, 0.1) is 13.7 Å². The molecule has 0 unspecified atom stereocenters. The van der Waals surface area contributed by atoms with E-state index in [0.717, 1.165) is 0 Å². The van der Waals surface area contributed by atoms with Crippen LogP contribution in [0, 0.1) is 6.92 Å². The largest absolute Gasteiger partial charge is 0.481 e.